The van der Waals surface area contributed by atoms with Crippen LogP contribution in [0.15, 0.2) is 28.7 Å². The number of halogens is 1. The van der Waals surface area contributed by atoms with Crippen molar-refractivity contribution in [3.8, 4) is 0 Å². The van der Waals surface area contributed by atoms with Gasteiger partial charge >= 0.3 is 5.97 Å². The molecule has 0 radical (unpaired) electrons. The smallest absolute Gasteiger partial charge is 0.317 e. The monoisotopic (exact) mass is 482 g/mol. The van der Waals surface area contributed by atoms with Gasteiger partial charge in [0.25, 0.3) is 0 Å². The van der Waals surface area contributed by atoms with Gasteiger partial charge in [-0.1, -0.05) is 106 Å². The van der Waals surface area contributed by atoms with E-state index in [0.717, 1.165) is 29.7 Å². The summed E-state index contributed by atoms with van der Waals surface area (Å²) in [5, 5.41) is 20.7. The summed E-state index contributed by atoms with van der Waals surface area (Å²) in [7, 11) is 0. The Bertz CT molecular complexity index is 614. The van der Waals surface area contributed by atoms with Crippen molar-refractivity contribution in [1.29, 1.82) is 0 Å². The molecule has 0 aromatic heterocycles. The third-order valence-corrected chi connectivity index (χ3v) is 6.50. The van der Waals surface area contributed by atoms with Gasteiger partial charge in [-0.05, 0) is 30.0 Å². The molecule has 1 aromatic rings. The zero-order valence-corrected chi connectivity index (χ0v) is 20.2. The highest BCUT2D eigenvalue weighted by molar-refractivity contribution is 9.10. The average molecular weight is 483 g/mol. The summed E-state index contributed by atoms with van der Waals surface area (Å²) in [6, 6.07) is 6.83. The number of rotatable bonds is 17. The largest absolute Gasteiger partial charge is 0.480 e. The van der Waals surface area contributed by atoms with Crippen molar-refractivity contribution in [2.45, 2.75) is 102 Å². The number of carbonyl (C=O) groups is 2. The molecule has 0 amide bonds. The molecular formula is C25H39BrO4. The van der Waals surface area contributed by atoms with Gasteiger partial charge in [0.15, 0.2) is 0 Å². The molecule has 0 saturated heterocycles. The molecule has 2 atom stereocenters. The summed E-state index contributed by atoms with van der Waals surface area (Å²) in [6.45, 7) is 4.55. The topological polar surface area (TPSA) is 74.6 Å². The Balaban J connectivity index is 2.41. The van der Waals surface area contributed by atoms with Crippen LogP contribution >= 0.6 is 15.9 Å². The van der Waals surface area contributed by atoms with Gasteiger partial charge in [0, 0.05) is 10.9 Å². The molecule has 0 bridgehead atoms. The lowest BCUT2D eigenvalue weighted by Crippen LogP contribution is -2.47. The van der Waals surface area contributed by atoms with Crippen molar-refractivity contribution < 1.29 is 19.8 Å². The molecule has 0 saturated carbocycles. The summed E-state index contributed by atoms with van der Waals surface area (Å²) in [6.07, 6.45) is 11.5. The summed E-state index contributed by atoms with van der Waals surface area (Å²) in [5.74, 6) is -0.350. The lowest BCUT2D eigenvalue weighted by Gasteiger charge is -2.33. The Kier molecular flexibility index (Phi) is 13.2. The molecule has 1 aromatic carbocycles. The first kappa shape index (κ1) is 26.8. The molecule has 1 unspecified atom stereocenters. The fourth-order valence-corrected chi connectivity index (χ4v) is 4.32. The second-order valence-electron chi connectivity index (χ2n) is 8.82. The number of carbonyl (C=O) groups excluding carboxylic acids is 1. The van der Waals surface area contributed by atoms with Gasteiger partial charge in [0.05, 0.1) is 6.10 Å². The number of unbranched alkanes of at least 4 members (excludes halogenated alkanes) is 8. The van der Waals surface area contributed by atoms with E-state index in [1.807, 2.05) is 0 Å². The molecule has 4 nitrogen and oxygen atoms in total. The Morgan fingerprint density at radius 3 is 1.83 bits per heavy atom. The van der Waals surface area contributed by atoms with Gasteiger partial charge in [0.1, 0.15) is 11.7 Å². The quantitative estimate of drug-likeness (QED) is 0.192. The van der Waals surface area contributed by atoms with Crippen LogP contribution in [-0.2, 0) is 15.0 Å². The minimum absolute atomic E-state index is 0.234. The van der Waals surface area contributed by atoms with Crippen molar-refractivity contribution in [3.63, 3.8) is 0 Å². The van der Waals surface area contributed by atoms with E-state index >= 15 is 0 Å². The number of aldehydes is 1. The van der Waals surface area contributed by atoms with Gasteiger partial charge in [-0.2, -0.15) is 0 Å². The van der Waals surface area contributed by atoms with Crippen LogP contribution in [0, 0.1) is 5.92 Å². The Morgan fingerprint density at radius 1 is 0.933 bits per heavy atom. The number of carboxylic acids is 1. The van der Waals surface area contributed by atoms with E-state index < -0.39 is 17.5 Å². The first-order valence-electron chi connectivity index (χ1n) is 11.5. The molecule has 2 N–H and O–H groups in total. The van der Waals surface area contributed by atoms with Crippen molar-refractivity contribution in [1.82, 2.24) is 0 Å². The van der Waals surface area contributed by atoms with Gasteiger partial charge in [-0.15, -0.1) is 0 Å². The third kappa shape index (κ3) is 8.89. The highest BCUT2D eigenvalue weighted by Gasteiger charge is 2.46. The zero-order valence-electron chi connectivity index (χ0n) is 18.6. The van der Waals surface area contributed by atoms with Gasteiger partial charge < -0.3 is 15.0 Å². The number of aliphatic hydroxyl groups excluding tert-OH is 1. The second-order valence-corrected chi connectivity index (χ2v) is 9.74. The van der Waals surface area contributed by atoms with Gasteiger partial charge in [0.2, 0.25) is 0 Å². The molecule has 0 spiro atoms. The van der Waals surface area contributed by atoms with Crippen LogP contribution in [0.2, 0.25) is 0 Å². The van der Waals surface area contributed by atoms with E-state index in [9.17, 15) is 19.8 Å². The van der Waals surface area contributed by atoms with Gasteiger partial charge in [-0.3, -0.25) is 4.79 Å². The molecule has 0 aliphatic heterocycles. The molecule has 5 heteroatoms. The maximum Gasteiger partial charge on any atom is 0.317 e. The van der Waals surface area contributed by atoms with Gasteiger partial charge in [-0.25, -0.2) is 0 Å². The predicted molar refractivity (Wildman–Crippen MR) is 126 cm³/mol. The molecule has 0 fully saturated rings. The lowest BCUT2D eigenvalue weighted by atomic mass is 9.72. The Labute approximate surface area is 190 Å². The highest BCUT2D eigenvalue weighted by atomic mass is 79.9. The van der Waals surface area contributed by atoms with Crippen LogP contribution in [-0.4, -0.2) is 28.6 Å². The minimum atomic E-state index is -1.58. The maximum absolute atomic E-state index is 12.1. The van der Waals surface area contributed by atoms with Crippen LogP contribution in [0.4, 0.5) is 0 Å². The van der Waals surface area contributed by atoms with Crippen molar-refractivity contribution in [2.24, 2.45) is 5.92 Å². The summed E-state index contributed by atoms with van der Waals surface area (Å²) in [5.41, 5.74) is -1.12. The molecule has 170 valence electrons. The zero-order chi connectivity index (χ0) is 22.4. The number of aliphatic carboxylic acids is 1. The van der Waals surface area contributed by atoms with Crippen LogP contribution in [0.1, 0.15) is 96.5 Å². The van der Waals surface area contributed by atoms with Crippen molar-refractivity contribution in [3.05, 3.63) is 34.3 Å². The van der Waals surface area contributed by atoms with Crippen molar-refractivity contribution in [2.75, 3.05) is 0 Å². The maximum atomic E-state index is 12.1. The average Bonchev–Trinajstić information content (AvgIpc) is 2.70. The molecule has 1 rings (SSSR count). The molecule has 30 heavy (non-hydrogen) atoms. The fourth-order valence-electron chi connectivity index (χ4n) is 4.05. The summed E-state index contributed by atoms with van der Waals surface area (Å²) in [4.78, 5) is 23.4. The Morgan fingerprint density at radius 2 is 1.40 bits per heavy atom. The molecule has 0 heterocycles. The lowest BCUT2D eigenvalue weighted by molar-refractivity contribution is -0.150. The van der Waals surface area contributed by atoms with E-state index in [0.29, 0.717) is 18.3 Å². The predicted octanol–water partition coefficient (Wildman–Crippen LogP) is 6.67. The minimum Gasteiger partial charge on any atom is -0.480 e. The molecular weight excluding hydrogens is 444 g/mol. The SMILES string of the molecule is CC(C)CCCCCCCCCCCC(O)[C@](CC=O)(C(=O)O)c1ccc(Br)cc1. The van der Waals surface area contributed by atoms with Crippen LogP contribution in [0.3, 0.4) is 0 Å². The number of benzene rings is 1. The first-order valence-corrected chi connectivity index (χ1v) is 12.2. The van der Waals surface area contributed by atoms with Crippen molar-refractivity contribution >= 4 is 28.2 Å². The fraction of sp³-hybridized carbons (Fsp3) is 0.680. The standard InChI is InChI=1S/C25H39BrO4/c1-20(2)12-10-8-6-4-3-5-7-9-11-13-23(28)25(18-19-27,24(29)30)21-14-16-22(26)17-15-21/h14-17,19-20,23,28H,3-13,18H2,1-2H3,(H,29,30)/t23?,25-/m1/s1. The summed E-state index contributed by atoms with van der Waals surface area (Å²) < 4.78 is 0.825. The Hall–Kier alpha value is -1.20. The van der Waals surface area contributed by atoms with E-state index in [1.165, 1.54) is 44.9 Å². The number of hydrogen-bond donors (Lipinski definition) is 2. The highest BCUT2D eigenvalue weighted by Crippen LogP contribution is 2.35. The van der Waals surface area contributed by atoms with Crippen LogP contribution in [0.25, 0.3) is 0 Å². The van der Waals surface area contributed by atoms with Crippen LogP contribution < -0.4 is 0 Å². The van der Waals surface area contributed by atoms with Crippen LogP contribution in [0.5, 0.6) is 0 Å². The molecule has 0 aliphatic carbocycles. The molecule has 0 aliphatic rings. The third-order valence-electron chi connectivity index (χ3n) is 5.97. The number of hydrogen-bond acceptors (Lipinski definition) is 3. The first-order chi connectivity index (χ1) is 14.3. The normalized spacial score (nSPS) is 14.4. The number of aliphatic hydroxyl groups is 1. The second kappa shape index (κ2) is 14.7. The number of carboxylic acid groups (broad SMARTS) is 1. The van der Waals surface area contributed by atoms with E-state index in [2.05, 4.69) is 29.8 Å². The summed E-state index contributed by atoms with van der Waals surface area (Å²) >= 11 is 3.34. The van der Waals surface area contributed by atoms with E-state index in [-0.39, 0.29) is 6.42 Å². The van der Waals surface area contributed by atoms with E-state index in [1.54, 1.807) is 24.3 Å². The van der Waals surface area contributed by atoms with E-state index in [4.69, 9.17) is 0 Å².